The molecule has 0 radical (unpaired) electrons. The minimum absolute atomic E-state index is 0.00758. The third-order valence-corrected chi connectivity index (χ3v) is 2.27. The van der Waals surface area contributed by atoms with Crippen molar-refractivity contribution in [2.24, 2.45) is 5.73 Å². The van der Waals surface area contributed by atoms with Crippen LogP contribution in [-0.4, -0.2) is 28.0 Å². The normalized spacial score (nSPS) is 11.9. The number of anilines is 1. The second-order valence-corrected chi connectivity index (χ2v) is 4.17. The van der Waals surface area contributed by atoms with E-state index in [4.69, 9.17) is 10.8 Å². The van der Waals surface area contributed by atoms with Crippen molar-refractivity contribution >= 4 is 17.6 Å². The number of carbonyl (C=O) groups excluding carboxylic acids is 1. The largest absolute Gasteiger partial charge is 0.481 e. The lowest BCUT2D eigenvalue weighted by Crippen LogP contribution is -2.19. The van der Waals surface area contributed by atoms with Crippen molar-refractivity contribution in [3.8, 4) is 0 Å². The van der Waals surface area contributed by atoms with Crippen LogP contribution in [0.3, 0.4) is 0 Å². The van der Waals surface area contributed by atoms with Gasteiger partial charge in [0.25, 0.3) is 0 Å². The Morgan fingerprint density at radius 3 is 2.72 bits per heavy atom. The summed E-state index contributed by atoms with van der Waals surface area (Å²) in [7, 11) is 0. The van der Waals surface area contributed by atoms with E-state index in [-0.39, 0.29) is 18.4 Å². The van der Waals surface area contributed by atoms with Crippen molar-refractivity contribution in [2.45, 2.75) is 32.2 Å². The van der Waals surface area contributed by atoms with E-state index in [0.29, 0.717) is 24.2 Å². The van der Waals surface area contributed by atoms with E-state index in [1.807, 2.05) is 6.92 Å². The van der Waals surface area contributed by atoms with Crippen LogP contribution in [0.2, 0.25) is 0 Å². The second kappa shape index (κ2) is 6.70. The number of aromatic nitrogens is 1. The molecule has 18 heavy (non-hydrogen) atoms. The average molecular weight is 251 g/mol. The number of carbonyl (C=O) groups is 2. The van der Waals surface area contributed by atoms with Crippen LogP contribution in [0.25, 0.3) is 0 Å². The highest BCUT2D eigenvalue weighted by molar-refractivity contribution is 5.90. The molecule has 1 atom stereocenters. The average Bonchev–Trinajstić information content (AvgIpc) is 2.28. The number of nitrogens with one attached hydrogen (secondary N) is 1. The zero-order chi connectivity index (χ0) is 13.5. The van der Waals surface area contributed by atoms with Crippen molar-refractivity contribution in [3.05, 3.63) is 24.0 Å². The Hall–Kier alpha value is -1.95. The van der Waals surface area contributed by atoms with Crippen LogP contribution in [0.5, 0.6) is 0 Å². The summed E-state index contributed by atoms with van der Waals surface area (Å²) >= 11 is 0. The van der Waals surface area contributed by atoms with E-state index >= 15 is 0 Å². The SMILES string of the molecule is CC(N)CCC(=O)Nc1ccc(CC(=O)O)nc1. The highest BCUT2D eigenvalue weighted by Crippen LogP contribution is 2.08. The molecule has 98 valence electrons. The first-order chi connectivity index (χ1) is 8.47. The number of hydrogen-bond donors (Lipinski definition) is 3. The number of carboxylic acids is 1. The van der Waals surface area contributed by atoms with Crippen LogP contribution >= 0.6 is 0 Å². The Bertz CT molecular complexity index is 415. The standard InChI is InChI=1S/C12H17N3O3/c1-8(13)2-5-11(16)15-10-4-3-9(14-7-10)6-12(17)18/h3-4,7-8H,2,5-6,13H2,1H3,(H,15,16)(H,17,18). The van der Waals surface area contributed by atoms with E-state index in [1.165, 1.54) is 6.20 Å². The molecular formula is C12H17N3O3. The van der Waals surface area contributed by atoms with E-state index in [0.717, 1.165) is 0 Å². The molecule has 1 rings (SSSR count). The van der Waals surface area contributed by atoms with Crippen LogP contribution in [0.15, 0.2) is 18.3 Å². The molecular weight excluding hydrogens is 234 g/mol. The Morgan fingerprint density at radius 2 is 2.22 bits per heavy atom. The molecule has 1 aromatic heterocycles. The summed E-state index contributed by atoms with van der Waals surface area (Å²) in [5.41, 5.74) is 6.56. The zero-order valence-corrected chi connectivity index (χ0v) is 10.2. The molecule has 1 aromatic rings. The Morgan fingerprint density at radius 1 is 1.50 bits per heavy atom. The smallest absolute Gasteiger partial charge is 0.309 e. The fourth-order valence-electron chi connectivity index (χ4n) is 1.34. The lowest BCUT2D eigenvalue weighted by molar-refractivity contribution is -0.136. The Balaban J connectivity index is 2.48. The lowest BCUT2D eigenvalue weighted by Gasteiger charge is -2.07. The Labute approximate surface area is 105 Å². The maximum absolute atomic E-state index is 11.5. The predicted octanol–water partition coefficient (Wildman–Crippen LogP) is 0.775. The number of rotatable bonds is 6. The molecule has 0 fully saturated rings. The van der Waals surface area contributed by atoms with Crippen LogP contribution in [0, 0.1) is 0 Å². The topological polar surface area (TPSA) is 105 Å². The van der Waals surface area contributed by atoms with E-state index < -0.39 is 5.97 Å². The van der Waals surface area contributed by atoms with Crippen molar-refractivity contribution in [1.82, 2.24) is 4.98 Å². The van der Waals surface area contributed by atoms with Gasteiger partial charge in [0, 0.05) is 12.5 Å². The van der Waals surface area contributed by atoms with Gasteiger partial charge in [0.2, 0.25) is 5.91 Å². The minimum Gasteiger partial charge on any atom is -0.481 e. The summed E-state index contributed by atoms with van der Waals surface area (Å²) in [4.78, 5) is 25.9. The zero-order valence-electron chi connectivity index (χ0n) is 10.2. The van der Waals surface area contributed by atoms with E-state index in [9.17, 15) is 9.59 Å². The fraction of sp³-hybridized carbons (Fsp3) is 0.417. The van der Waals surface area contributed by atoms with E-state index in [2.05, 4.69) is 10.3 Å². The molecule has 0 aliphatic carbocycles. The maximum Gasteiger partial charge on any atom is 0.309 e. The third kappa shape index (κ3) is 5.40. The number of amides is 1. The van der Waals surface area contributed by atoms with Crippen LogP contribution in [0.4, 0.5) is 5.69 Å². The monoisotopic (exact) mass is 251 g/mol. The summed E-state index contributed by atoms with van der Waals surface area (Å²) in [6.07, 6.45) is 2.30. The van der Waals surface area contributed by atoms with Gasteiger partial charge in [0.05, 0.1) is 24.0 Å². The van der Waals surface area contributed by atoms with Crippen LogP contribution in [0.1, 0.15) is 25.5 Å². The molecule has 1 heterocycles. The molecule has 0 saturated carbocycles. The minimum atomic E-state index is -0.934. The molecule has 0 spiro atoms. The molecule has 0 aliphatic heterocycles. The van der Waals surface area contributed by atoms with Crippen LogP contribution in [-0.2, 0) is 16.0 Å². The number of hydrogen-bond acceptors (Lipinski definition) is 4. The third-order valence-electron chi connectivity index (χ3n) is 2.27. The quantitative estimate of drug-likeness (QED) is 0.692. The molecule has 0 saturated heterocycles. The van der Waals surface area contributed by atoms with Gasteiger partial charge in [-0.1, -0.05) is 0 Å². The molecule has 0 aliphatic rings. The lowest BCUT2D eigenvalue weighted by atomic mass is 10.2. The molecule has 6 nitrogen and oxygen atoms in total. The first kappa shape index (κ1) is 14.1. The molecule has 0 bridgehead atoms. The molecule has 1 amide bonds. The first-order valence-electron chi connectivity index (χ1n) is 5.69. The second-order valence-electron chi connectivity index (χ2n) is 4.17. The van der Waals surface area contributed by atoms with Crippen molar-refractivity contribution in [3.63, 3.8) is 0 Å². The van der Waals surface area contributed by atoms with Crippen molar-refractivity contribution in [1.29, 1.82) is 0 Å². The number of nitrogens with two attached hydrogens (primary N) is 1. The molecule has 1 unspecified atom stereocenters. The van der Waals surface area contributed by atoms with Gasteiger partial charge in [-0.15, -0.1) is 0 Å². The summed E-state index contributed by atoms with van der Waals surface area (Å²) in [5, 5.41) is 11.3. The van der Waals surface area contributed by atoms with Crippen molar-refractivity contribution < 1.29 is 14.7 Å². The number of pyridine rings is 1. The van der Waals surface area contributed by atoms with Gasteiger partial charge in [0.15, 0.2) is 0 Å². The Kier molecular flexibility index (Phi) is 5.26. The van der Waals surface area contributed by atoms with Gasteiger partial charge in [-0.25, -0.2) is 0 Å². The molecule has 6 heteroatoms. The summed E-state index contributed by atoms with van der Waals surface area (Å²) < 4.78 is 0. The van der Waals surface area contributed by atoms with Gasteiger partial charge in [0.1, 0.15) is 0 Å². The van der Waals surface area contributed by atoms with Gasteiger partial charge in [-0.2, -0.15) is 0 Å². The predicted molar refractivity (Wildman–Crippen MR) is 67.1 cm³/mol. The van der Waals surface area contributed by atoms with Gasteiger partial charge in [-0.3, -0.25) is 14.6 Å². The molecule has 4 N–H and O–H groups in total. The highest BCUT2D eigenvalue weighted by atomic mass is 16.4. The number of carboxylic acid groups (broad SMARTS) is 1. The van der Waals surface area contributed by atoms with Gasteiger partial charge >= 0.3 is 5.97 Å². The number of nitrogens with zero attached hydrogens (tertiary/aromatic N) is 1. The summed E-state index contributed by atoms with van der Waals surface area (Å²) in [6, 6.07) is 3.21. The fourth-order valence-corrected chi connectivity index (χ4v) is 1.34. The number of aliphatic carboxylic acids is 1. The summed E-state index contributed by atoms with van der Waals surface area (Å²) in [5.74, 6) is -1.06. The van der Waals surface area contributed by atoms with Gasteiger partial charge in [-0.05, 0) is 25.5 Å². The van der Waals surface area contributed by atoms with E-state index in [1.54, 1.807) is 12.1 Å². The first-order valence-corrected chi connectivity index (χ1v) is 5.69. The highest BCUT2D eigenvalue weighted by Gasteiger charge is 2.05. The summed E-state index contributed by atoms with van der Waals surface area (Å²) in [6.45, 7) is 1.84. The maximum atomic E-state index is 11.5. The van der Waals surface area contributed by atoms with Gasteiger partial charge < -0.3 is 16.2 Å². The van der Waals surface area contributed by atoms with Crippen molar-refractivity contribution in [2.75, 3.05) is 5.32 Å². The molecule has 0 aromatic carbocycles. The van der Waals surface area contributed by atoms with Crippen LogP contribution < -0.4 is 11.1 Å².